The molecular formula is C50H36F8N2O8. The predicted molar refractivity (Wildman–Crippen MR) is 235 cm³/mol. The number of carbonyl (C=O) groups excluding carboxylic acids is 4. The van der Waals surface area contributed by atoms with Gasteiger partial charge >= 0.3 is 37.0 Å². The lowest BCUT2D eigenvalue weighted by atomic mass is 9.90. The molecule has 0 aliphatic rings. The Bertz CT molecular complexity index is 2640. The zero-order valence-corrected chi connectivity index (χ0v) is 35.0. The van der Waals surface area contributed by atoms with Crippen LogP contribution in [0.5, 0.6) is 23.0 Å². The van der Waals surface area contributed by atoms with Crippen molar-refractivity contribution in [3.63, 3.8) is 0 Å². The van der Waals surface area contributed by atoms with E-state index >= 15 is 0 Å². The summed E-state index contributed by atoms with van der Waals surface area (Å²) in [6.45, 7) is 0. The first kappa shape index (κ1) is 49.2. The fraction of sp³-hybridized carbons (Fsp3) is 0.120. The molecule has 0 saturated heterocycles. The molecule has 68 heavy (non-hydrogen) atoms. The second kappa shape index (κ2) is 21.4. The van der Waals surface area contributed by atoms with Gasteiger partial charge in [-0.3, -0.25) is 9.59 Å². The minimum atomic E-state index is -4.71. The molecule has 0 atom stereocenters. The van der Waals surface area contributed by atoms with E-state index in [-0.39, 0.29) is 47.0 Å². The number of nitrogens with two attached hydrogens (primary N) is 2. The van der Waals surface area contributed by atoms with E-state index in [0.717, 1.165) is 48.5 Å². The van der Waals surface area contributed by atoms with E-state index < -0.39 is 48.5 Å². The highest BCUT2D eigenvalue weighted by molar-refractivity contribution is 5.98. The van der Waals surface area contributed by atoms with Gasteiger partial charge in [0.1, 0.15) is 23.0 Å². The van der Waals surface area contributed by atoms with Gasteiger partial charge in [0.2, 0.25) is 0 Å². The lowest BCUT2D eigenvalue weighted by molar-refractivity contribution is -0.253. The largest absolute Gasteiger partial charge is 0.461 e. The van der Waals surface area contributed by atoms with Crippen LogP contribution in [0.15, 0.2) is 146 Å². The van der Waals surface area contributed by atoms with Crippen LogP contribution in [0.3, 0.4) is 0 Å². The van der Waals surface area contributed by atoms with Crippen LogP contribution in [-0.4, -0.2) is 48.6 Å². The summed E-state index contributed by atoms with van der Waals surface area (Å²) in [7, 11) is 0. The molecule has 0 aliphatic carbocycles. The number of esters is 2. The third kappa shape index (κ3) is 13.4. The van der Waals surface area contributed by atoms with Gasteiger partial charge in [0.25, 0.3) is 0 Å². The third-order valence-corrected chi connectivity index (χ3v) is 9.58. The molecule has 6 aromatic rings. The SMILES string of the molecule is Nc1ccc(-c2ccc(N)cc2CC(=O)/C=C/c2ccc(OC(=O)c3ccc(OC(F)(F)C(F)F)cc3)cc2)c(CC(=O)/C=C/c2ccc(OC(=O)c3ccc(OC(F)(F)C(F)F)cc3)cc2)c1. The number of carbonyl (C=O) groups is 4. The zero-order chi connectivity index (χ0) is 49.2. The summed E-state index contributed by atoms with van der Waals surface area (Å²) in [4.78, 5) is 51.7. The summed E-state index contributed by atoms with van der Waals surface area (Å²) in [5.74, 6) is -3.24. The number of allylic oxidation sites excluding steroid dienone is 2. The molecule has 0 aliphatic heterocycles. The summed E-state index contributed by atoms with van der Waals surface area (Å²) >= 11 is 0. The van der Waals surface area contributed by atoms with E-state index in [4.69, 9.17) is 20.9 Å². The fourth-order valence-electron chi connectivity index (χ4n) is 6.26. The lowest BCUT2D eigenvalue weighted by Crippen LogP contribution is -2.33. The highest BCUT2D eigenvalue weighted by Gasteiger charge is 2.44. The van der Waals surface area contributed by atoms with Gasteiger partial charge in [-0.2, -0.15) is 35.1 Å². The number of hydrogen-bond donors (Lipinski definition) is 2. The van der Waals surface area contributed by atoms with Crippen molar-refractivity contribution >= 4 is 47.0 Å². The van der Waals surface area contributed by atoms with Crippen molar-refractivity contribution in [3.8, 4) is 34.1 Å². The van der Waals surface area contributed by atoms with Crippen molar-refractivity contribution in [1.29, 1.82) is 0 Å². The quantitative estimate of drug-likeness (QED) is 0.0263. The molecule has 350 valence electrons. The van der Waals surface area contributed by atoms with Crippen molar-refractivity contribution in [2.75, 3.05) is 11.5 Å². The van der Waals surface area contributed by atoms with Crippen LogP contribution in [0.2, 0.25) is 0 Å². The maximum Gasteiger partial charge on any atom is 0.461 e. The maximum absolute atomic E-state index is 13.3. The Labute approximate surface area is 382 Å². The molecule has 0 aromatic heterocycles. The van der Waals surface area contributed by atoms with Crippen molar-refractivity contribution in [2.45, 2.75) is 37.9 Å². The van der Waals surface area contributed by atoms with Gasteiger partial charge in [0, 0.05) is 24.2 Å². The molecular weight excluding hydrogens is 909 g/mol. The highest BCUT2D eigenvalue weighted by Crippen LogP contribution is 2.33. The topological polar surface area (TPSA) is 157 Å². The zero-order valence-electron chi connectivity index (χ0n) is 35.0. The number of rotatable bonds is 19. The van der Waals surface area contributed by atoms with E-state index in [1.54, 1.807) is 72.8 Å². The number of ketones is 2. The molecule has 0 heterocycles. The number of nitrogen functional groups attached to an aromatic ring is 2. The molecule has 6 rings (SSSR count). The Morgan fingerprint density at radius 1 is 0.471 bits per heavy atom. The monoisotopic (exact) mass is 944 g/mol. The summed E-state index contributed by atoms with van der Waals surface area (Å²) < 4.78 is 121. The van der Waals surface area contributed by atoms with Crippen molar-refractivity contribution < 1.29 is 73.2 Å². The predicted octanol–water partition coefficient (Wildman–Crippen LogP) is 11.1. The van der Waals surface area contributed by atoms with Crippen LogP contribution in [-0.2, 0) is 22.4 Å². The van der Waals surface area contributed by atoms with Crippen molar-refractivity contribution in [3.05, 3.63) is 179 Å². The Morgan fingerprint density at radius 2 is 0.794 bits per heavy atom. The van der Waals surface area contributed by atoms with Crippen LogP contribution in [0.4, 0.5) is 46.5 Å². The molecule has 4 N–H and O–H groups in total. The molecule has 0 spiro atoms. The van der Waals surface area contributed by atoms with E-state index in [2.05, 4.69) is 9.47 Å². The first-order valence-electron chi connectivity index (χ1n) is 20.0. The van der Waals surface area contributed by atoms with Gasteiger partial charge in [-0.1, -0.05) is 48.6 Å². The minimum absolute atomic E-state index is 0.0645. The number of hydrogen-bond acceptors (Lipinski definition) is 10. The molecule has 18 heteroatoms. The minimum Gasteiger partial charge on any atom is -0.428 e. The molecule has 0 saturated carbocycles. The standard InChI is InChI=1S/C50H36F8N2O8/c51-47(52)49(55,56)67-41-19-7-31(8-20-41)45(63)65-39-15-3-29(4-16-39)1-13-37(61)27-33-25-35(59)11-23-43(33)44-24-12-36(60)26-34(44)28-38(62)14-2-30-5-17-40(18-6-30)66-46(64)32-9-21-42(22-10-32)68-50(57,58)48(53)54/h1-26,47-48H,27-28,59-60H2/b13-1+,14-2+. The molecule has 0 amide bonds. The van der Waals surface area contributed by atoms with Gasteiger partial charge < -0.3 is 30.4 Å². The number of benzene rings is 6. The number of anilines is 2. The number of alkyl halides is 8. The first-order valence-corrected chi connectivity index (χ1v) is 20.0. The van der Waals surface area contributed by atoms with Crippen LogP contribution in [0.1, 0.15) is 43.0 Å². The molecule has 0 radical (unpaired) electrons. The van der Waals surface area contributed by atoms with E-state index in [1.165, 1.54) is 36.4 Å². The summed E-state index contributed by atoms with van der Waals surface area (Å²) in [5.41, 5.74) is 16.4. The second-order valence-corrected chi connectivity index (χ2v) is 14.7. The lowest BCUT2D eigenvalue weighted by Gasteiger charge is -2.16. The number of ether oxygens (including phenoxy) is 4. The Hall–Kier alpha value is -8.28. The Balaban J connectivity index is 1.05. The molecule has 10 nitrogen and oxygen atoms in total. The maximum atomic E-state index is 13.3. The summed E-state index contributed by atoms with van der Waals surface area (Å²) in [6, 6.07) is 30.2. The summed E-state index contributed by atoms with van der Waals surface area (Å²) in [5, 5.41) is 0. The molecule has 0 bridgehead atoms. The highest BCUT2D eigenvalue weighted by atomic mass is 19.3. The van der Waals surface area contributed by atoms with Crippen molar-refractivity contribution in [1.82, 2.24) is 0 Å². The second-order valence-electron chi connectivity index (χ2n) is 14.7. The van der Waals surface area contributed by atoms with Crippen LogP contribution in [0.25, 0.3) is 23.3 Å². The molecule has 0 fully saturated rings. The van der Waals surface area contributed by atoms with E-state index in [1.807, 2.05) is 0 Å². The van der Waals surface area contributed by atoms with E-state index in [9.17, 15) is 54.3 Å². The average Bonchev–Trinajstić information content (AvgIpc) is 3.29. The normalized spacial score (nSPS) is 11.9. The van der Waals surface area contributed by atoms with Gasteiger partial charge in [-0.15, -0.1) is 0 Å². The third-order valence-electron chi connectivity index (χ3n) is 9.58. The van der Waals surface area contributed by atoms with Gasteiger partial charge in [-0.05, 0) is 143 Å². The smallest absolute Gasteiger partial charge is 0.428 e. The van der Waals surface area contributed by atoms with Gasteiger partial charge in [-0.25, -0.2) is 9.59 Å². The van der Waals surface area contributed by atoms with Crippen LogP contribution < -0.4 is 30.4 Å². The average molecular weight is 945 g/mol. The summed E-state index contributed by atoms with van der Waals surface area (Å²) in [6.07, 6.45) is -11.9. The van der Waals surface area contributed by atoms with Gasteiger partial charge in [0.15, 0.2) is 11.6 Å². The molecule has 0 unspecified atom stereocenters. The van der Waals surface area contributed by atoms with E-state index in [0.29, 0.717) is 44.8 Å². The van der Waals surface area contributed by atoms with Crippen molar-refractivity contribution in [2.24, 2.45) is 0 Å². The number of halogens is 8. The Kier molecular flexibility index (Phi) is 15.4. The molecule has 6 aromatic carbocycles. The van der Waals surface area contributed by atoms with Crippen LogP contribution >= 0.6 is 0 Å². The fourth-order valence-corrected chi connectivity index (χ4v) is 6.26. The Morgan fingerprint density at radius 3 is 1.12 bits per heavy atom. The van der Waals surface area contributed by atoms with Gasteiger partial charge in [0.05, 0.1) is 11.1 Å². The van der Waals surface area contributed by atoms with Crippen LogP contribution in [0, 0.1) is 0 Å². The first-order chi connectivity index (χ1) is 32.2.